The molecule has 0 bridgehead atoms. The molecule has 0 saturated carbocycles. The van der Waals surface area contributed by atoms with Gasteiger partial charge < -0.3 is 14.9 Å². The molecule has 0 aliphatic heterocycles. The molecule has 0 fully saturated rings. The molecule has 0 heterocycles. The average molecular weight is 214 g/mol. The van der Waals surface area contributed by atoms with Crippen LogP contribution in [-0.2, 0) is 14.3 Å². The van der Waals surface area contributed by atoms with E-state index in [1.54, 1.807) is 0 Å². The second-order valence-electron chi connectivity index (χ2n) is 3.03. The summed E-state index contributed by atoms with van der Waals surface area (Å²) >= 11 is 0. The van der Waals surface area contributed by atoms with Crippen LogP contribution in [0.3, 0.4) is 0 Å². The fourth-order valence-corrected chi connectivity index (χ4v) is 0.744. The van der Waals surface area contributed by atoms with Crippen LogP contribution in [0.15, 0.2) is 24.8 Å². The third-order valence-electron chi connectivity index (χ3n) is 1.71. The van der Waals surface area contributed by atoms with Crippen molar-refractivity contribution in [3.8, 4) is 0 Å². The highest BCUT2D eigenvalue weighted by Gasteiger charge is 2.25. The maximum atomic E-state index is 11.1. The van der Waals surface area contributed by atoms with Crippen molar-refractivity contribution in [1.29, 1.82) is 0 Å². The molecule has 0 aromatic heterocycles. The van der Waals surface area contributed by atoms with Crippen LogP contribution in [0.5, 0.6) is 0 Å². The fourth-order valence-electron chi connectivity index (χ4n) is 0.744. The summed E-state index contributed by atoms with van der Waals surface area (Å²) in [6.07, 6.45) is 0.498. The number of carbonyl (C=O) groups is 2. The zero-order valence-corrected chi connectivity index (χ0v) is 8.52. The van der Waals surface area contributed by atoms with E-state index in [0.717, 1.165) is 6.08 Å². The van der Waals surface area contributed by atoms with Gasteiger partial charge in [0.05, 0.1) is 0 Å². The monoisotopic (exact) mass is 214 g/mol. The zero-order valence-electron chi connectivity index (χ0n) is 8.52. The summed E-state index contributed by atoms with van der Waals surface area (Å²) in [7, 11) is 0. The Morgan fingerprint density at radius 1 is 1.47 bits per heavy atom. The Morgan fingerprint density at radius 2 is 2.00 bits per heavy atom. The second kappa shape index (κ2) is 5.43. The van der Waals surface area contributed by atoms with Crippen LogP contribution >= 0.6 is 0 Å². The number of esters is 2. The Morgan fingerprint density at radius 3 is 2.40 bits per heavy atom. The predicted octanol–water partition coefficient (Wildman–Crippen LogP) is 0.279. The molecule has 0 aliphatic rings. The standard InChI is InChI=1S/C10H14O5/c1-4-8(11)15-9(12)7(3)6-10(13,14)5-2/h4,13-14H,1,3,5-6H2,2H3. The lowest BCUT2D eigenvalue weighted by Gasteiger charge is -2.19. The molecule has 0 aliphatic carbocycles. The van der Waals surface area contributed by atoms with Gasteiger partial charge in [0, 0.05) is 18.1 Å². The van der Waals surface area contributed by atoms with Gasteiger partial charge in [0.2, 0.25) is 0 Å². The van der Waals surface area contributed by atoms with E-state index < -0.39 is 17.7 Å². The molecule has 0 spiro atoms. The van der Waals surface area contributed by atoms with E-state index in [1.807, 2.05) is 0 Å². The largest absolute Gasteiger partial charge is 0.386 e. The number of hydrogen-bond donors (Lipinski definition) is 2. The molecule has 5 nitrogen and oxygen atoms in total. The summed E-state index contributed by atoms with van der Waals surface area (Å²) in [6, 6.07) is 0. The molecule has 0 aromatic rings. The number of rotatable bonds is 5. The minimum Gasteiger partial charge on any atom is -0.386 e. The smallest absolute Gasteiger partial charge is 0.341 e. The van der Waals surface area contributed by atoms with Crippen molar-refractivity contribution in [3.63, 3.8) is 0 Å². The molecule has 0 atom stereocenters. The maximum absolute atomic E-state index is 11.1. The number of ether oxygens (including phenoxy) is 1. The van der Waals surface area contributed by atoms with E-state index in [-0.39, 0.29) is 18.4 Å². The molecule has 5 heteroatoms. The van der Waals surface area contributed by atoms with Gasteiger partial charge in [0.15, 0.2) is 5.79 Å². The number of hydrogen-bond acceptors (Lipinski definition) is 5. The van der Waals surface area contributed by atoms with Crippen molar-refractivity contribution < 1.29 is 24.5 Å². The topological polar surface area (TPSA) is 83.8 Å². The van der Waals surface area contributed by atoms with E-state index in [0.29, 0.717) is 0 Å². The Hall–Kier alpha value is -1.46. The molecule has 15 heavy (non-hydrogen) atoms. The Kier molecular flexibility index (Phi) is 4.90. The van der Waals surface area contributed by atoms with Crippen LogP contribution in [0, 0.1) is 0 Å². The zero-order chi connectivity index (χ0) is 12.1. The van der Waals surface area contributed by atoms with Gasteiger partial charge in [0.25, 0.3) is 0 Å². The minimum atomic E-state index is -2.01. The van der Waals surface area contributed by atoms with Crippen molar-refractivity contribution in [2.75, 3.05) is 0 Å². The quantitative estimate of drug-likeness (QED) is 0.297. The van der Waals surface area contributed by atoms with E-state index in [9.17, 15) is 19.8 Å². The van der Waals surface area contributed by atoms with Gasteiger partial charge in [-0.05, 0) is 6.42 Å². The Bertz CT molecular complexity index is 290. The van der Waals surface area contributed by atoms with Gasteiger partial charge in [-0.25, -0.2) is 9.59 Å². The van der Waals surface area contributed by atoms with Crippen LogP contribution in [0.25, 0.3) is 0 Å². The molecule has 0 saturated heterocycles. The SMILES string of the molecule is C=CC(=O)OC(=O)C(=C)CC(O)(O)CC. The Balaban J connectivity index is 4.29. The lowest BCUT2D eigenvalue weighted by atomic mass is 10.0. The number of aliphatic hydroxyl groups is 2. The van der Waals surface area contributed by atoms with E-state index in [1.165, 1.54) is 6.92 Å². The van der Waals surface area contributed by atoms with Gasteiger partial charge in [-0.15, -0.1) is 0 Å². The summed E-state index contributed by atoms with van der Waals surface area (Å²) < 4.78 is 4.23. The fraction of sp³-hybridized carbons (Fsp3) is 0.400. The first-order valence-electron chi connectivity index (χ1n) is 4.33. The molecule has 0 rings (SSSR count). The lowest BCUT2D eigenvalue weighted by molar-refractivity contribution is -0.167. The predicted molar refractivity (Wildman–Crippen MR) is 52.5 cm³/mol. The van der Waals surface area contributed by atoms with Crippen LogP contribution in [0.2, 0.25) is 0 Å². The van der Waals surface area contributed by atoms with Crippen molar-refractivity contribution in [2.24, 2.45) is 0 Å². The van der Waals surface area contributed by atoms with Gasteiger partial charge >= 0.3 is 11.9 Å². The van der Waals surface area contributed by atoms with Crippen LogP contribution in [-0.4, -0.2) is 27.9 Å². The van der Waals surface area contributed by atoms with Crippen LogP contribution in [0.4, 0.5) is 0 Å². The van der Waals surface area contributed by atoms with Crippen molar-refractivity contribution in [2.45, 2.75) is 25.6 Å². The van der Waals surface area contributed by atoms with E-state index in [2.05, 4.69) is 17.9 Å². The third-order valence-corrected chi connectivity index (χ3v) is 1.71. The molecule has 0 unspecified atom stereocenters. The summed E-state index contributed by atoms with van der Waals surface area (Å²) in [4.78, 5) is 21.7. The summed E-state index contributed by atoms with van der Waals surface area (Å²) in [5.41, 5.74) is -0.183. The lowest BCUT2D eigenvalue weighted by Crippen LogP contribution is -2.29. The van der Waals surface area contributed by atoms with Crippen LogP contribution < -0.4 is 0 Å². The average Bonchev–Trinajstić information content (AvgIpc) is 2.16. The summed E-state index contributed by atoms with van der Waals surface area (Å²) in [6.45, 7) is 7.94. The van der Waals surface area contributed by atoms with Crippen molar-refractivity contribution in [3.05, 3.63) is 24.8 Å². The summed E-state index contributed by atoms with van der Waals surface area (Å²) in [5, 5.41) is 18.4. The Labute approximate surface area is 87.7 Å². The third kappa shape index (κ3) is 5.09. The van der Waals surface area contributed by atoms with E-state index in [4.69, 9.17) is 0 Å². The van der Waals surface area contributed by atoms with Crippen LogP contribution in [0.1, 0.15) is 19.8 Å². The maximum Gasteiger partial charge on any atom is 0.341 e. The first-order valence-corrected chi connectivity index (χ1v) is 4.33. The molecule has 0 aromatic carbocycles. The molecular weight excluding hydrogens is 200 g/mol. The van der Waals surface area contributed by atoms with Crippen molar-refractivity contribution >= 4 is 11.9 Å². The summed E-state index contributed by atoms with van der Waals surface area (Å²) in [5.74, 6) is -3.90. The van der Waals surface area contributed by atoms with E-state index >= 15 is 0 Å². The van der Waals surface area contributed by atoms with Gasteiger partial charge in [-0.2, -0.15) is 0 Å². The van der Waals surface area contributed by atoms with Gasteiger partial charge in [-0.1, -0.05) is 20.1 Å². The minimum absolute atomic E-state index is 0.0364. The first-order chi connectivity index (χ1) is 6.82. The van der Waals surface area contributed by atoms with Gasteiger partial charge in [0.1, 0.15) is 0 Å². The highest BCUT2D eigenvalue weighted by Crippen LogP contribution is 2.16. The highest BCUT2D eigenvalue weighted by atomic mass is 16.6. The molecule has 84 valence electrons. The number of carbonyl (C=O) groups excluding carboxylic acids is 2. The molecule has 2 N–H and O–H groups in total. The highest BCUT2D eigenvalue weighted by molar-refractivity contribution is 5.98. The molecule has 0 amide bonds. The van der Waals surface area contributed by atoms with Gasteiger partial charge in [-0.3, -0.25) is 0 Å². The van der Waals surface area contributed by atoms with Crippen molar-refractivity contribution in [1.82, 2.24) is 0 Å². The normalized spacial score (nSPS) is 10.6. The molecule has 0 radical (unpaired) electrons. The second-order valence-corrected chi connectivity index (χ2v) is 3.03. The first kappa shape index (κ1) is 13.5. The molecular formula is C10H14O5.